The number of hydrogen-bond donors (Lipinski definition) is 1. The lowest BCUT2D eigenvalue weighted by molar-refractivity contribution is -0.145. The van der Waals surface area contributed by atoms with E-state index in [-0.39, 0.29) is 30.2 Å². The minimum absolute atomic E-state index is 0.00443. The van der Waals surface area contributed by atoms with Crippen LogP contribution in [0.25, 0.3) is 21.9 Å². The van der Waals surface area contributed by atoms with Crippen LogP contribution in [0.1, 0.15) is 64.0 Å². The van der Waals surface area contributed by atoms with E-state index in [9.17, 15) is 9.59 Å². The molecular formula is C42H47F2N3O4S. The number of aryl methyl sites for hydroxylation is 1. The summed E-state index contributed by atoms with van der Waals surface area (Å²) < 4.78 is 48.3. The van der Waals surface area contributed by atoms with Crippen molar-refractivity contribution in [3.8, 4) is 16.9 Å². The molecule has 0 radical (unpaired) electrons. The Morgan fingerprint density at radius 1 is 0.846 bits per heavy atom. The zero-order valence-electron chi connectivity index (χ0n) is 30.2. The Balaban J connectivity index is 1.12. The van der Waals surface area contributed by atoms with Crippen molar-refractivity contribution in [1.82, 2.24) is 14.5 Å². The van der Waals surface area contributed by atoms with Crippen LogP contribution in [0.2, 0.25) is 0 Å². The first-order chi connectivity index (χ1) is 24.8. The summed E-state index contributed by atoms with van der Waals surface area (Å²) in [6.45, 7) is 8.44. The number of alkyl halides is 2. The third-order valence-electron chi connectivity index (χ3n) is 10.4. The highest BCUT2D eigenvalue weighted by molar-refractivity contribution is 7.97. The molecule has 7 rings (SSSR count). The van der Waals surface area contributed by atoms with Gasteiger partial charge in [-0.05, 0) is 118 Å². The number of amides is 2. The summed E-state index contributed by atoms with van der Waals surface area (Å²) in [5.41, 5.74) is 1.94. The summed E-state index contributed by atoms with van der Waals surface area (Å²) >= 11 is 1.03. The molecule has 7 nitrogen and oxygen atoms in total. The molecule has 4 aromatic carbocycles. The Labute approximate surface area is 309 Å². The molecule has 1 aliphatic carbocycles. The number of hydrogen-bond acceptors (Lipinski definition) is 6. The van der Waals surface area contributed by atoms with Gasteiger partial charge in [0.25, 0.3) is 5.92 Å². The van der Waals surface area contributed by atoms with Gasteiger partial charge in [-0.3, -0.25) is 4.79 Å². The van der Waals surface area contributed by atoms with Crippen LogP contribution < -0.4 is 9.46 Å². The SMILES string of the molecule is Cc1ccc(-c2ccc(C(F)(F)C(NSc3ccc4cc(OC5CCCC5)ccc4c3)C(=O)N3CCC4CN(C(=O)OC(C)(C)C)CC43)cc2)cc1. The summed E-state index contributed by atoms with van der Waals surface area (Å²) in [6, 6.07) is 23.6. The first kappa shape index (κ1) is 36.2. The fourth-order valence-corrected chi connectivity index (χ4v) is 8.44. The highest BCUT2D eigenvalue weighted by Crippen LogP contribution is 2.39. The fraction of sp³-hybridized carbons (Fsp3) is 0.429. The van der Waals surface area contributed by atoms with Gasteiger partial charge < -0.3 is 19.3 Å². The standard InChI is InChI=1S/C42H47F2N3O4S/c1-27-9-11-28(12-10-27)29-13-17-33(18-14-29)42(43,44)38(39(48)47-22-21-32-25-46(26-37(32)47)40(49)51-41(2,3)4)45-52-36-20-16-30-23-35(19-15-31(30)24-36)50-34-7-5-6-8-34/h9-20,23-24,32,34,37-38,45H,5-8,21-22,25-26H2,1-4H3. The van der Waals surface area contributed by atoms with E-state index in [1.165, 1.54) is 25.0 Å². The van der Waals surface area contributed by atoms with E-state index in [1.54, 1.807) is 42.7 Å². The molecule has 0 spiro atoms. The van der Waals surface area contributed by atoms with Gasteiger partial charge in [0.15, 0.2) is 6.04 Å². The smallest absolute Gasteiger partial charge is 0.410 e. The molecule has 2 heterocycles. The predicted molar refractivity (Wildman–Crippen MR) is 202 cm³/mol. The van der Waals surface area contributed by atoms with Crippen molar-refractivity contribution in [2.24, 2.45) is 5.92 Å². The molecule has 4 aromatic rings. The van der Waals surface area contributed by atoms with Crippen molar-refractivity contribution in [2.45, 2.75) is 94.4 Å². The van der Waals surface area contributed by atoms with Crippen molar-refractivity contribution in [1.29, 1.82) is 0 Å². The molecule has 1 N–H and O–H groups in total. The number of carbonyl (C=O) groups excluding carboxylic acids is 2. The number of nitrogens with one attached hydrogen (secondary N) is 1. The summed E-state index contributed by atoms with van der Waals surface area (Å²) in [6.07, 6.45) is 4.95. The molecule has 2 amide bonds. The van der Waals surface area contributed by atoms with Gasteiger partial charge in [-0.15, -0.1) is 0 Å². The molecule has 0 aromatic heterocycles. The second kappa shape index (κ2) is 14.7. The number of fused-ring (bicyclic) bond motifs is 2. The van der Waals surface area contributed by atoms with Gasteiger partial charge in [-0.1, -0.05) is 66.2 Å². The normalized spacial score (nSPS) is 20.0. The molecule has 1 saturated carbocycles. The Bertz CT molecular complexity index is 1910. The second-order valence-corrected chi connectivity index (χ2v) is 16.4. The number of rotatable bonds is 9. The predicted octanol–water partition coefficient (Wildman–Crippen LogP) is 9.36. The van der Waals surface area contributed by atoms with Crippen LogP contribution in [0.5, 0.6) is 5.75 Å². The van der Waals surface area contributed by atoms with Crippen LogP contribution in [0, 0.1) is 12.8 Å². The maximum atomic E-state index is 16.8. The first-order valence-corrected chi connectivity index (χ1v) is 19.1. The quantitative estimate of drug-likeness (QED) is 0.173. The zero-order valence-corrected chi connectivity index (χ0v) is 31.1. The van der Waals surface area contributed by atoms with E-state index in [4.69, 9.17) is 9.47 Å². The van der Waals surface area contributed by atoms with Crippen LogP contribution in [0.15, 0.2) is 89.8 Å². The Morgan fingerprint density at radius 3 is 2.19 bits per heavy atom. The molecule has 10 heteroatoms. The third kappa shape index (κ3) is 7.93. The molecule has 274 valence electrons. The molecule has 2 aliphatic heterocycles. The number of nitrogens with zero attached hydrogens (tertiary/aromatic N) is 2. The molecule has 3 unspecified atom stereocenters. The molecule has 3 atom stereocenters. The van der Waals surface area contributed by atoms with E-state index in [1.807, 2.05) is 67.6 Å². The van der Waals surface area contributed by atoms with Gasteiger partial charge in [0.2, 0.25) is 5.91 Å². The van der Waals surface area contributed by atoms with Crippen LogP contribution in [0.4, 0.5) is 13.6 Å². The lowest BCUT2D eigenvalue weighted by Gasteiger charge is -2.33. The summed E-state index contributed by atoms with van der Waals surface area (Å²) in [4.78, 5) is 31.1. The lowest BCUT2D eigenvalue weighted by atomic mass is 9.96. The maximum absolute atomic E-state index is 16.8. The molecule has 3 fully saturated rings. The topological polar surface area (TPSA) is 71.1 Å². The number of carbonyl (C=O) groups is 2. The minimum atomic E-state index is -3.55. The minimum Gasteiger partial charge on any atom is -0.490 e. The number of likely N-dealkylation sites (tertiary alicyclic amines) is 2. The van der Waals surface area contributed by atoms with Gasteiger partial charge in [0.05, 0.1) is 12.1 Å². The zero-order chi connectivity index (χ0) is 36.6. The highest BCUT2D eigenvalue weighted by atomic mass is 32.2. The van der Waals surface area contributed by atoms with Crippen molar-refractivity contribution in [3.05, 3.63) is 96.1 Å². The van der Waals surface area contributed by atoms with Crippen LogP contribution in [0.3, 0.4) is 0 Å². The second-order valence-electron chi connectivity index (χ2n) is 15.4. The Hall–Kier alpha value is -4.15. The van der Waals surface area contributed by atoms with E-state index in [0.717, 1.165) is 58.0 Å². The summed E-state index contributed by atoms with van der Waals surface area (Å²) in [5.74, 6) is -3.41. The van der Waals surface area contributed by atoms with E-state index < -0.39 is 29.6 Å². The molecule has 2 saturated heterocycles. The number of halogens is 2. The molecule has 0 bridgehead atoms. The summed E-state index contributed by atoms with van der Waals surface area (Å²) in [5, 5.41) is 1.94. The van der Waals surface area contributed by atoms with Crippen molar-refractivity contribution < 1.29 is 27.8 Å². The first-order valence-electron chi connectivity index (χ1n) is 18.3. The van der Waals surface area contributed by atoms with Crippen LogP contribution in [-0.2, 0) is 15.5 Å². The van der Waals surface area contributed by atoms with E-state index >= 15 is 8.78 Å². The lowest BCUT2D eigenvalue weighted by Crippen LogP contribution is -2.55. The Morgan fingerprint density at radius 2 is 1.50 bits per heavy atom. The molecule has 3 aliphatic rings. The van der Waals surface area contributed by atoms with E-state index in [2.05, 4.69) is 4.72 Å². The van der Waals surface area contributed by atoms with Crippen LogP contribution in [-0.4, -0.2) is 65.2 Å². The summed E-state index contributed by atoms with van der Waals surface area (Å²) in [7, 11) is 0. The van der Waals surface area contributed by atoms with Crippen LogP contribution >= 0.6 is 11.9 Å². The van der Waals surface area contributed by atoms with Gasteiger partial charge in [-0.25, -0.2) is 9.52 Å². The number of ether oxygens (including phenoxy) is 2. The fourth-order valence-electron chi connectivity index (χ4n) is 7.62. The average Bonchev–Trinajstić information content (AvgIpc) is 3.87. The number of benzene rings is 4. The van der Waals surface area contributed by atoms with Crippen molar-refractivity contribution in [2.75, 3.05) is 19.6 Å². The third-order valence-corrected chi connectivity index (χ3v) is 11.3. The van der Waals surface area contributed by atoms with Gasteiger partial charge in [0, 0.05) is 36.0 Å². The molecule has 52 heavy (non-hydrogen) atoms. The van der Waals surface area contributed by atoms with Gasteiger partial charge >= 0.3 is 6.09 Å². The molecular weight excluding hydrogens is 681 g/mol. The maximum Gasteiger partial charge on any atom is 0.410 e. The largest absolute Gasteiger partial charge is 0.490 e. The Kier molecular flexibility index (Phi) is 10.2. The van der Waals surface area contributed by atoms with E-state index in [0.29, 0.717) is 24.4 Å². The van der Waals surface area contributed by atoms with Crippen molar-refractivity contribution in [3.63, 3.8) is 0 Å². The monoisotopic (exact) mass is 727 g/mol. The van der Waals surface area contributed by atoms with Crippen molar-refractivity contribution >= 4 is 34.7 Å². The van der Waals surface area contributed by atoms with Gasteiger partial charge in [0.1, 0.15) is 11.4 Å². The average molecular weight is 728 g/mol. The highest BCUT2D eigenvalue weighted by Gasteiger charge is 2.52. The van der Waals surface area contributed by atoms with Gasteiger partial charge in [-0.2, -0.15) is 8.78 Å².